The summed E-state index contributed by atoms with van der Waals surface area (Å²) in [4.78, 5) is 21.5. The van der Waals surface area contributed by atoms with Crippen LogP contribution in [0.15, 0.2) is 0 Å². The van der Waals surface area contributed by atoms with Crippen LogP contribution in [0.4, 0.5) is 5.82 Å². The Morgan fingerprint density at radius 1 is 1.07 bits per heavy atom. The summed E-state index contributed by atoms with van der Waals surface area (Å²) < 4.78 is 7.70. The summed E-state index contributed by atoms with van der Waals surface area (Å²) in [5, 5.41) is 0.287. The Bertz CT molecular complexity index is 850. The molecule has 0 aliphatic carbocycles. The predicted octanol–water partition coefficient (Wildman–Crippen LogP) is 1.62. The minimum Gasteiger partial charge on any atom is -0.378 e. The summed E-state index contributed by atoms with van der Waals surface area (Å²) in [7, 11) is 0. The van der Waals surface area contributed by atoms with Crippen LogP contribution in [0, 0.1) is 0 Å². The number of anilines is 1. The molecule has 152 valence electrons. The first kappa shape index (κ1) is 18.5. The Morgan fingerprint density at radius 3 is 2.75 bits per heavy atom. The fraction of sp³-hybridized carbons (Fsp3) is 0.737. The Balaban J connectivity index is 1.47. The molecule has 0 amide bonds. The molecule has 3 aliphatic rings. The third-order valence-electron chi connectivity index (χ3n) is 6.29. The molecule has 3 saturated heterocycles. The number of aromatic nitrogens is 4. The molecule has 28 heavy (non-hydrogen) atoms. The molecule has 1 atom stereocenters. The summed E-state index contributed by atoms with van der Waals surface area (Å²) in [5.74, 6) is 1.90. The second kappa shape index (κ2) is 7.74. The van der Waals surface area contributed by atoms with Crippen LogP contribution in [0.2, 0.25) is 5.28 Å². The average Bonchev–Trinajstić information content (AvgIpc) is 3.31. The van der Waals surface area contributed by atoms with E-state index in [1.54, 1.807) is 0 Å². The minimum absolute atomic E-state index is 0.287. The van der Waals surface area contributed by atoms with Gasteiger partial charge in [0.25, 0.3) is 0 Å². The molecule has 2 aromatic heterocycles. The van der Waals surface area contributed by atoms with Gasteiger partial charge >= 0.3 is 0 Å². The molecule has 0 aromatic carbocycles. The van der Waals surface area contributed by atoms with Crippen molar-refractivity contribution in [2.24, 2.45) is 0 Å². The summed E-state index contributed by atoms with van der Waals surface area (Å²) in [6.45, 7) is 11.5. The van der Waals surface area contributed by atoms with Crippen molar-refractivity contribution in [2.75, 3.05) is 57.4 Å². The highest BCUT2D eigenvalue weighted by Crippen LogP contribution is 2.28. The lowest BCUT2D eigenvalue weighted by Gasteiger charge is -2.37. The lowest BCUT2D eigenvalue weighted by Crippen LogP contribution is -2.49. The fourth-order valence-electron chi connectivity index (χ4n) is 4.85. The van der Waals surface area contributed by atoms with Crippen LogP contribution in [-0.2, 0) is 17.8 Å². The predicted molar refractivity (Wildman–Crippen MR) is 109 cm³/mol. The number of ether oxygens (including phenoxy) is 1. The number of rotatable bonds is 4. The lowest BCUT2D eigenvalue weighted by molar-refractivity contribution is 0.0967. The molecule has 0 saturated carbocycles. The van der Waals surface area contributed by atoms with Crippen LogP contribution < -0.4 is 4.90 Å². The van der Waals surface area contributed by atoms with E-state index in [1.807, 2.05) is 0 Å². The van der Waals surface area contributed by atoms with Crippen molar-refractivity contribution in [2.45, 2.75) is 38.9 Å². The minimum atomic E-state index is 0.287. The van der Waals surface area contributed by atoms with Crippen LogP contribution in [0.3, 0.4) is 0 Å². The van der Waals surface area contributed by atoms with Crippen molar-refractivity contribution in [3.63, 3.8) is 0 Å². The van der Waals surface area contributed by atoms with Crippen molar-refractivity contribution >= 4 is 28.6 Å². The van der Waals surface area contributed by atoms with Gasteiger partial charge in [0.2, 0.25) is 5.28 Å². The molecule has 0 unspecified atom stereocenters. The second-order valence-corrected chi connectivity index (χ2v) is 8.27. The second-order valence-electron chi connectivity index (χ2n) is 7.93. The number of imidazole rings is 1. The molecule has 0 spiro atoms. The van der Waals surface area contributed by atoms with Gasteiger partial charge in [-0.25, -0.2) is 4.98 Å². The Labute approximate surface area is 170 Å². The smallest absolute Gasteiger partial charge is 0.226 e. The first-order chi connectivity index (χ1) is 13.7. The van der Waals surface area contributed by atoms with E-state index in [9.17, 15) is 0 Å². The van der Waals surface area contributed by atoms with Gasteiger partial charge in [0.05, 0.1) is 19.8 Å². The maximum atomic E-state index is 6.30. The Hall–Kier alpha value is -1.48. The van der Waals surface area contributed by atoms with Crippen LogP contribution in [0.25, 0.3) is 11.2 Å². The third-order valence-corrected chi connectivity index (χ3v) is 6.46. The van der Waals surface area contributed by atoms with Gasteiger partial charge in [-0.1, -0.05) is 0 Å². The van der Waals surface area contributed by atoms with Gasteiger partial charge in [-0.05, 0) is 37.9 Å². The lowest BCUT2D eigenvalue weighted by atomic mass is 10.1. The van der Waals surface area contributed by atoms with Crippen LogP contribution in [0.1, 0.15) is 25.6 Å². The van der Waals surface area contributed by atoms with Crippen molar-refractivity contribution in [3.8, 4) is 0 Å². The molecular weight excluding hydrogens is 378 g/mol. The van der Waals surface area contributed by atoms with Gasteiger partial charge in [0.15, 0.2) is 17.0 Å². The fourth-order valence-corrected chi connectivity index (χ4v) is 5.01. The quantitative estimate of drug-likeness (QED) is 0.716. The number of nitrogens with zero attached hydrogens (tertiary/aromatic N) is 7. The largest absolute Gasteiger partial charge is 0.378 e. The molecule has 0 bridgehead atoms. The number of hydrogen-bond acceptors (Lipinski definition) is 7. The molecule has 0 N–H and O–H groups in total. The van der Waals surface area contributed by atoms with E-state index in [-0.39, 0.29) is 5.28 Å². The molecule has 9 heteroatoms. The van der Waals surface area contributed by atoms with Crippen LogP contribution in [-0.4, -0.2) is 87.8 Å². The molecule has 3 aliphatic heterocycles. The molecule has 5 rings (SSSR count). The van der Waals surface area contributed by atoms with Gasteiger partial charge in [-0.15, -0.1) is 0 Å². The number of aryl methyl sites for hydroxylation is 1. The number of piperazine rings is 1. The maximum absolute atomic E-state index is 6.30. The van der Waals surface area contributed by atoms with Crippen molar-refractivity contribution < 1.29 is 4.74 Å². The van der Waals surface area contributed by atoms with E-state index >= 15 is 0 Å². The molecular formula is C19H28ClN7O. The Morgan fingerprint density at radius 2 is 1.93 bits per heavy atom. The molecule has 5 heterocycles. The summed E-state index contributed by atoms with van der Waals surface area (Å²) in [6.07, 6.45) is 2.66. The summed E-state index contributed by atoms with van der Waals surface area (Å²) in [6, 6.07) is 0.714. The first-order valence-corrected chi connectivity index (χ1v) is 10.8. The maximum Gasteiger partial charge on any atom is 0.226 e. The highest BCUT2D eigenvalue weighted by molar-refractivity contribution is 6.28. The zero-order valence-corrected chi connectivity index (χ0v) is 17.2. The van der Waals surface area contributed by atoms with E-state index in [4.69, 9.17) is 21.3 Å². The summed E-state index contributed by atoms with van der Waals surface area (Å²) in [5.41, 5.74) is 1.71. The van der Waals surface area contributed by atoms with Gasteiger partial charge in [0.1, 0.15) is 5.82 Å². The number of fused-ring (bicyclic) bond motifs is 2. The van der Waals surface area contributed by atoms with Gasteiger partial charge in [-0.2, -0.15) is 9.97 Å². The molecule has 0 radical (unpaired) electrons. The van der Waals surface area contributed by atoms with E-state index in [2.05, 4.69) is 36.2 Å². The standard InChI is InChI=1S/C19H28ClN7O/c1-2-27-15(13-24-6-7-25-5-3-4-14(25)12-24)21-16-17(22-19(20)23-18(16)27)26-8-10-28-11-9-26/h14H,2-13H2,1H3/t14-/m0/s1. The summed E-state index contributed by atoms with van der Waals surface area (Å²) >= 11 is 6.30. The van der Waals surface area contributed by atoms with Crippen molar-refractivity contribution in [3.05, 3.63) is 11.1 Å². The third kappa shape index (κ3) is 3.36. The molecule has 8 nitrogen and oxygen atoms in total. The van der Waals surface area contributed by atoms with Crippen molar-refractivity contribution in [1.29, 1.82) is 0 Å². The van der Waals surface area contributed by atoms with Gasteiger partial charge in [0, 0.05) is 45.3 Å². The van der Waals surface area contributed by atoms with Crippen LogP contribution in [0.5, 0.6) is 0 Å². The normalized spacial score (nSPS) is 24.2. The van der Waals surface area contributed by atoms with Crippen LogP contribution >= 0.6 is 11.6 Å². The Kier molecular flexibility index (Phi) is 5.13. The van der Waals surface area contributed by atoms with Gasteiger partial charge < -0.3 is 14.2 Å². The van der Waals surface area contributed by atoms with E-state index in [0.717, 1.165) is 62.1 Å². The zero-order chi connectivity index (χ0) is 19.1. The monoisotopic (exact) mass is 405 g/mol. The number of hydrogen-bond donors (Lipinski definition) is 0. The highest BCUT2D eigenvalue weighted by atomic mass is 35.5. The van der Waals surface area contributed by atoms with E-state index in [0.29, 0.717) is 19.3 Å². The number of halogens is 1. The topological polar surface area (TPSA) is 62.5 Å². The first-order valence-electron chi connectivity index (χ1n) is 10.4. The van der Waals surface area contributed by atoms with E-state index < -0.39 is 0 Å². The SMILES string of the molecule is CCn1c(CN2CCN3CCC[C@H]3C2)nc2c(N3CCOCC3)nc(Cl)nc21. The van der Waals surface area contributed by atoms with Crippen molar-refractivity contribution in [1.82, 2.24) is 29.3 Å². The van der Waals surface area contributed by atoms with Gasteiger partial charge in [-0.3, -0.25) is 9.80 Å². The number of morpholine rings is 1. The van der Waals surface area contributed by atoms with E-state index in [1.165, 1.54) is 25.9 Å². The average molecular weight is 406 g/mol. The zero-order valence-electron chi connectivity index (χ0n) is 16.5. The molecule has 3 fully saturated rings. The highest BCUT2D eigenvalue weighted by Gasteiger charge is 2.31. The molecule has 2 aromatic rings.